The lowest BCUT2D eigenvalue weighted by Gasteiger charge is -2.15. The number of hydrogen-bond donors (Lipinski definition) is 1. The molecular formula is C18H18F3NO4S. The number of hydrogen-bond acceptors (Lipinski definition) is 4. The van der Waals surface area contributed by atoms with Gasteiger partial charge < -0.3 is 10.1 Å². The zero-order valence-electron chi connectivity index (χ0n) is 14.6. The number of carbonyl (C=O) groups is 1. The van der Waals surface area contributed by atoms with E-state index < -0.39 is 27.5 Å². The largest absolute Gasteiger partial charge is 0.491 e. The van der Waals surface area contributed by atoms with Gasteiger partial charge in [0.1, 0.15) is 5.75 Å². The number of carbonyl (C=O) groups excluding carboxylic acids is 1. The van der Waals surface area contributed by atoms with Crippen LogP contribution in [0.3, 0.4) is 0 Å². The summed E-state index contributed by atoms with van der Waals surface area (Å²) in [4.78, 5) is 12.4. The normalized spacial score (nSPS) is 11.9. The Labute approximate surface area is 155 Å². The summed E-state index contributed by atoms with van der Waals surface area (Å²) in [5, 5.41) is 2.39. The van der Waals surface area contributed by atoms with Gasteiger partial charge in [-0.1, -0.05) is 6.92 Å². The minimum atomic E-state index is -4.57. The lowest BCUT2D eigenvalue weighted by atomic mass is 10.1. The van der Waals surface area contributed by atoms with Crippen molar-refractivity contribution < 1.29 is 31.1 Å². The average molecular weight is 401 g/mol. The van der Waals surface area contributed by atoms with Gasteiger partial charge in [0.25, 0.3) is 5.91 Å². The molecule has 5 nitrogen and oxygen atoms in total. The smallest absolute Gasteiger partial charge is 0.416 e. The number of rotatable bonds is 6. The second-order valence-electron chi connectivity index (χ2n) is 5.81. The van der Waals surface area contributed by atoms with Gasteiger partial charge in [0, 0.05) is 11.8 Å². The highest BCUT2D eigenvalue weighted by atomic mass is 32.2. The average Bonchev–Trinajstić information content (AvgIpc) is 2.59. The fourth-order valence-corrected chi connectivity index (χ4v) is 2.82. The van der Waals surface area contributed by atoms with E-state index in [1.54, 1.807) is 0 Å². The van der Waals surface area contributed by atoms with E-state index in [2.05, 4.69) is 5.32 Å². The number of ether oxygens (including phenoxy) is 1. The van der Waals surface area contributed by atoms with Gasteiger partial charge in [-0.05, 0) is 48.9 Å². The molecule has 0 aliphatic rings. The molecule has 0 spiro atoms. The summed E-state index contributed by atoms with van der Waals surface area (Å²) < 4.78 is 67.2. The van der Waals surface area contributed by atoms with Crippen molar-refractivity contribution in [2.75, 3.05) is 18.2 Å². The van der Waals surface area contributed by atoms with Crippen LogP contribution in [0, 0.1) is 0 Å². The summed E-state index contributed by atoms with van der Waals surface area (Å²) in [6, 6.07) is 7.91. The first-order valence-corrected chi connectivity index (χ1v) is 9.87. The minimum absolute atomic E-state index is 0.0325. The van der Waals surface area contributed by atoms with Gasteiger partial charge in [0.15, 0.2) is 9.84 Å². The fraction of sp³-hybridized carbons (Fsp3) is 0.278. The summed E-state index contributed by atoms with van der Waals surface area (Å²) >= 11 is 0. The molecule has 0 aliphatic carbocycles. The molecule has 0 bridgehead atoms. The summed E-state index contributed by atoms with van der Waals surface area (Å²) in [5.41, 5.74) is -0.939. The van der Waals surface area contributed by atoms with Crippen molar-refractivity contribution in [3.8, 4) is 5.75 Å². The maximum atomic E-state index is 13.0. The van der Waals surface area contributed by atoms with Gasteiger partial charge >= 0.3 is 6.18 Å². The Balaban J connectivity index is 2.31. The van der Waals surface area contributed by atoms with E-state index in [4.69, 9.17) is 4.74 Å². The molecule has 0 saturated carbocycles. The zero-order valence-corrected chi connectivity index (χ0v) is 15.4. The van der Waals surface area contributed by atoms with Crippen LogP contribution < -0.4 is 10.1 Å². The van der Waals surface area contributed by atoms with Crippen molar-refractivity contribution in [2.24, 2.45) is 0 Å². The molecule has 146 valence electrons. The van der Waals surface area contributed by atoms with Crippen LogP contribution >= 0.6 is 0 Å². The lowest BCUT2D eigenvalue weighted by molar-refractivity contribution is -0.137. The van der Waals surface area contributed by atoms with E-state index in [0.29, 0.717) is 6.42 Å². The molecule has 2 aromatic carbocycles. The van der Waals surface area contributed by atoms with Crippen LogP contribution in [-0.4, -0.2) is 27.2 Å². The lowest BCUT2D eigenvalue weighted by Crippen LogP contribution is -2.15. The summed E-state index contributed by atoms with van der Waals surface area (Å²) in [6.07, 6.45) is -2.90. The first kappa shape index (κ1) is 20.8. The maximum Gasteiger partial charge on any atom is 0.416 e. The third kappa shape index (κ3) is 5.46. The molecule has 0 aromatic heterocycles. The van der Waals surface area contributed by atoms with Crippen LogP contribution in [0.4, 0.5) is 18.9 Å². The number of amides is 1. The van der Waals surface area contributed by atoms with Crippen molar-refractivity contribution in [1.29, 1.82) is 0 Å². The van der Waals surface area contributed by atoms with Crippen LogP contribution in [0.2, 0.25) is 0 Å². The van der Waals surface area contributed by atoms with Crippen molar-refractivity contribution in [3.63, 3.8) is 0 Å². The minimum Gasteiger partial charge on any atom is -0.491 e. The Hall–Kier alpha value is -2.55. The first-order chi connectivity index (χ1) is 12.5. The number of anilines is 1. The Morgan fingerprint density at radius 2 is 1.74 bits per heavy atom. The first-order valence-electron chi connectivity index (χ1n) is 7.98. The summed E-state index contributed by atoms with van der Waals surface area (Å²) in [5.74, 6) is -0.568. The Morgan fingerprint density at radius 3 is 2.26 bits per heavy atom. The van der Waals surface area contributed by atoms with Gasteiger partial charge in [-0.2, -0.15) is 13.2 Å². The van der Waals surface area contributed by atoms with Crippen LogP contribution in [0.25, 0.3) is 0 Å². The van der Waals surface area contributed by atoms with Gasteiger partial charge in [0.05, 0.1) is 22.8 Å². The third-order valence-corrected chi connectivity index (χ3v) is 4.69. The number of alkyl halides is 3. The molecule has 0 aliphatic heterocycles. The highest BCUT2D eigenvalue weighted by Gasteiger charge is 2.31. The standard InChI is InChI=1S/C18H18F3NO4S/c1-3-10-26-16-9-6-13(18(19,20)21)11-15(16)22-17(23)12-4-7-14(8-5-12)27(2,24)25/h4-9,11H,3,10H2,1-2H3,(H,22,23). The van der Waals surface area contributed by atoms with Crippen LogP contribution in [-0.2, 0) is 16.0 Å². The highest BCUT2D eigenvalue weighted by molar-refractivity contribution is 7.90. The van der Waals surface area contributed by atoms with Crippen LogP contribution in [0.1, 0.15) is 29.3 Å². The Morgan fingerprint density at radius 1 is 1.11 bits per heavy atom. The predicted molar refractivity (Wildman–Crippen MR) is 94.7 cm³/mol. The van der Waals surface area contributed by atoms with E-state index in [0.717, 1.165) is 24.5 Å². The van der Waals surface area contributed by atoms with E-state index in [1.165, 1.54) is 24.3 Å². The van der Waals surface area contributed by atoms with Gasteiger partial charge in [-0.3, -0.25) is 4.79 Å². The molecule has 1 N–H and O–H groups in total. The second kappa shape index (κ2) is 7.99. The molecule has 1 amide bonds. The van der Waals surface area contributed by atoms with E-state index >= 15 is 0 Å². The van der Waals surface area contributed by atoms with Crippen molar-refractivity contribution >= 4 is 21.4 Å². The quantitative estimate of drug-likeness (QED) is 0.789. The molecule has 0 radical (unpaired) electrons. The molecule has 0 unspecified atom stereocenters. The Bertz CT molecular complexity index is 923. The van der Waals surface area contributed by atoms with E-state index in [-0.39, 0.29) is 28.5 Å². The monoisotopic (exact) mass is 401 g/mol. The molecule has 2 rings (SSSR count). The molecule has 27 heavy (non-hydrogen) atoms. The van der Waals surface area contributed by atoms with Gasteiger partial charge in [0.2, 0.25) is 0 Å². The maximum absolute atomic E-state index is 13.0. The molecule has 9 heteroatoms. The van der Waals surface area contributed by atoms with Crippen molar-refractivity contribution in [1.82, 2.24) is 0 Å². The molecule has 0 fully saturated rings. The summed E-state index contributed by atoms with van der Waals surface area (Å²) in [6.45, 7) is 2.11. The zero-order chi connectivity index (χ0) is 20.2. The molecule has 2 aromatic rings. The van der Waals surface area contributed by atoms with Gasteiger partial charge in [-0.15, -0.1) is 0 Å². The van der Waals surface area contributed by atoms with E-state index in [1.807, 2.05) is 6.92 Å². The van der Waals surface area contributed by atoms with Crippen LogP contribution in [0.5, 0.6) is 5.75 Å². The fourth-order valence-electron chi connectivity index (χ4n) is 2.19. The second-order valence-corrected chi connectivity index (χ2v) is 7.82. The highest BCUT2D eigenvalue weighted by Crippen LogP contribution is 2.35. The number of nitrogens with one attached hydrogen (secondary N) is 1. The molecule has 0 saturated heterocycles. The molecular weight excluding hydrogens is 383 g/mol. The molecule has 0 atom stereocenters. The summed E-state index contributed by atoms with van der Waals surface area (Å²) in [7, 11) is -3.42. The van der Waals surface area contributed by atoms with Crippen LogP contribution in [0.15, 0.2) is 47.4 Å². The number of halogens is 3. The van der Waals surface area contributed by atoms with Gasteiger partial charge in [-0.25, -0.2) is 8.42 Å². The topological polar surface area (TPSA) is 72.5 Å². The molecule has 0 heterocycles. The number of sulfone groups is 1. The Kier molecular flexibility index (Phi) is 6.15. The van der Waals surface area contributed by atoms with Crippen molar-refractivity contribution in [3.05, 3.63) is 53.6 Å². The third-order valence-electron chi connectivity index (χ3n) is 3.56. The number of benzene rings is 2. The SMILES string of the molecule is CCCOc1ccc(C(F)(F)F)cc1NC(=O)c1ccc(S(C)(=O)=O)cc1. The van der Waals surface area contributed by atoms with E-state index in [9.17, 15) is 26.4 Å². The van der Waals surface area contributed by atoms with Crippen molar-refractivity contribution in [2.45, 2.75) is 24.4 Å². The predicted octanol–water partition coefficient (Wildman–Crippen LogP) is 4.15.